The normalized spacial score (nSPS) is 15.7. The molecular formula is C19H20ClN5O. The maximum Gasteiger partial charge on any atom is 0.183 e. The molecule has 1 aromatic carbocycles. The average molecular weight is 370 g/mol. The number of phenolic OH excluding ortho intramolecular Hbond substituents is 1. The van der Waals surface area contributed by atoms with Crippen LogP contribution in [0, 0.1) is 11.3 Å². The maximum atomic E-state index is 9.94. The molecule has 3 rings (SSSR count). The van der Waals surface area contributed by atoms with Crippen LogP contribution in [0.15, 0.2) is 36.2 Å². The number of halogens is 1. The molecule has 0 atom stereocenters. The van der Waals surface area contributed by atoms with Crippen LogP contribution in [0.1, 0.15) is 18.2 Å². The topological polar surface area (TPSA) is 76.3 Å². The predicted molar refractivity (Wildman–Crippen MR) is 102 cm³/mol. The Balaban J connectivity index is 1.61. The summed E-state index contributed by atoms with van der Waals surface area (Å²) in [6, 6.07) is 7.14. The van der Waals surface area contributed by atoms with Gasteiger partial charge in [-0.2, -0.15) is 5.26 Å². The molecule has 1 fully saturated rings. The Kier molecular flexibility index (Phi) is 5.71. The largest absolute Gasteiger partial charge is 0.507 e. The van der Waals surface area contributed by atoms with Crippen LogP contribution in [-0.2, 0) is 0 Å². The third-order valence-corrected chi connectivity index (χ3v) is 4.56. The zero-order valence-electron chi connectivity index (χ0n) is 14.6. The smallest absolute Gasteiger partial charge is 0.183 e. The summed E-state index contributed by atoms with van der Waals surface area (Å²) in [7, 11) is 0. The van der Waals surface area contributed by atoms with Gasteiger partial charge in [-0.25, -0.2) is 9.97 Å². The number of benzene rings is 1. The average Bonchev–Trinajstić information content (AvgIpc) is 2.65. The minimum absolute atomic E-state index is 0.227. The minimum Gasteiger partial charge on any atom is -0.507 e. The summed E-state index contributed by atoms with van der Waals surface area (Å²) in [5, 5.41) is 19.7. The van der Waals surface area contributed by atoms with E-state index in [1.54, 1.807) is 24.4 Å². The molecule has 134 valence electrons. The molecule has 7 heteroatoms. The van der Waals surface area contributed by atoms with Crippen LogP contribution in [-0.4, -0.2) is 52.7 Å². The Hall–Kier alpha value is -2.62. The number of hydrogen-bond donors (Lipinski definition) is 1. The molecular weight excluding hydrogens is 350 g/mol. The van der Waals surface area contributed by atoms with Crippen molar-refractivity contribution in [1.29, 1.82) is 5.26 Å². The van der Waals surface area contributed by atoms with E-state index in [9.17, 15) is 10.4 Å². The Morgan fingerprint density at radius 1 is 1.27 bits per heavy atom. The summed E-state index contributed by atoms with van der Waals surface area (Å²) >= 11 is 6.00. The second kappa shape index (κ2) is 8.17. The molecule has 0 saturated carbocycles. The van der Waals surface area contributed by atoms with Crippen molar-refractivity contribution in [2.75, 3.05) is 37.6 Å². The fraction of sp³-hybridized carbons (Fsp3) is 0.316. The Morgan fingerprint density at radius 2 is 2.00 bits per heavy atom. The lowest BCUT2D eigenvalue weighted by atomic mass is 10.1. The highest BCUT2D eigenvalue weighted by atomic mass is 35.5. The molecule has 2 aromatic rings. The van der Waals surface area contributed by atoms with Gasteiger partial charge in [0, 0.05) is 55.7 Å². The van der Waals surface area contributed by atoms with Crippen LogP contribution in [0.2, 0.25) is 5.02 Å². The number of rotatable bonds is 4. The first-order chi connectivity index (χ1) is 12.6. The molecule has 1 aliphatic heterocycles. The van der Waals surface area contributed by atoms with Gasteiger partial charge in [-0.15, -0.1) is 0 Å². The van der Waals surface area contributed by atoms with Crippen molar-refractivity contribution in [2.45, 2.75) is 6.92 Å². The summed E-state index contributed by atoms with van der Waals surface area (Å²) in [6.07, 6.45) is 5.12. The highest BCUT2D eigenvalue weighted by Crippen LogP contribution is 2.24. The van der Waals surface area contributed by atoms with Crippen molar-refractivity contribution < 1.29 is 5.11 Å². The number of nitriles is 1. The second-order valence-corrected chi connectivity index (χ2v) is 6.73. The van der Waals surface area contributed by atoms with Gasteiger partial charge in [-0.1, -0.05) is 23.3 Å². The maximum absolute atomic E-state index is 9.94. The van der Waals surface area contributed by atoms with E-state index in [-0.39, 0.29) is 5.75 Å². The van der Waals surface area contributed by atoms with E-state index in [0.29, 0.717) is 16.5 Å². The van der Waals surface area contributed by atoms with E-state index in [1.165, 1.54) is 6.20 Å². The summed E-state index contributed by atoms with van der Waals surface area (Å²) in [5.41, 5.74) is 2.24. The molecule has 0 bridgehead atoms. The molecule has 0 radical (unpaired) electrons. The third-order valence-electron chi connectivity index (χ3n) is 4.32. The molecule has 6 nitrogen and oxygen atoms in total. The van der Waals surface area contributed by atoms with Crippen molar-refractivity contribution in [1.82, 2.24) is 14.9 Å². The van der Waals surface area contributed by atoms with E-state index >= 15 is 0 Å². The second-order valence-electron chi connectivity index (χ2n) is 6.30. The van der Waals surface area contributed by atoms with E-state index in [1.807, 2.05) is 13.0 Å². The predicted octanol–water partition coefficient (Wildman–Crippen LogP) is 2.93. The van der Waals surface area contributed by atoms with Crippen molar-refractivity contribution in [2.24, 2.45) is 0 Å². The van der Waals surface area contributed by atoms with Gasteiger partial charge in [0.05, 0.1) is 0 Å². The first-order valence-corrected chi connectivity index (χ1v) is 8.78. The van der Waals surface area contributed by atoms with E-state index in [0.717, 1.165) is 43.9 Å². The van der Waals surface area contributed by atoms with Crippen LogP contribution in [0.25, 0.3) is 6.08 Å². The van der Waals surface area contributed by atoms with Gasteiger partial charge >= 0.3 is 0 Å². The number of aromatic nitrogens is 2. The monoisotopic (exact) mass is 369 g/mol. The highest BCUT2D eigenvalue weighted by Gasteiger charge is 2.20. The van der Waals surface area contributed by atoms with E-state index in [2.05, 4.69) is 25.8 Å². The van der Waals surface area contributed by atoms with Gasteiger partial charge in [0.15, 0.2) is 11.5 Å². The molecule has 0 amide bonds. The Bertz CT molecular complexity index is 853. The fourth-order valence-electron chi connectivity index (χ4n) is 3.06. The van der Waals surface area contributed by atoms with Gasteiger partial charge in [-0.3, -0.25) is 4.90 Å². The van der Waals surface area contributed by atoms with Crippen molar-refractivity contribution in [3.8, 4) is 11.8 Å². The summed E-state index contributed by atoms with van der Waals surface area (Å²) in [6.45, 7) is 6.18. The Morgan fingerprint density at radius 3 is 2.73 bits per heavy atom. The first kappa shape index (κ1) is 18.2. The molecule has 1 saturated heterocycles. The molecule has 2 heterocycles. The number of hydrogen-bond acceptors (Lipinski definition) is 6. The summed E-state index contributed by atoms with van der Waals surface area (Å²) in [5.74, 6) is 0.885. The lowest BCUT2D eigenvalue weighted by Gasteiger charge is -2.35. The quantitative estimate of drug-likeness (QED) is 0.892. The van der Waals surface area contributed by atoms with Crippen molar-refractivity contribution in [3.63, 3.8) is 0 Å². The van der Waals surface area contributed by atoms with Crippen LogP contribution < -0.4 is 4.90 Å². The standard InChI is InChI=1S/C19H20ClN5O/c1-14(10-15-11-16(20)2-3-18(15)26)13-24-6-8-25(9-7-24)19-17(12-21)22-4-5-23-19/h2-5,10-11,26H,6-9,13H2,1H3. The molecule has 0 spiro atoms. The van der Waals surface area contributed by atoms with Crippen LogP contribution in [0.5, 0.6) is 5.75 Å². The lowest BCUT2D eigenvalue weighted by molar-refractivity contribution is 0.278. The van der Waals surface area contributed by atoms with Gasteiger partial charge in [-0.05, 0) is 25.1 Å². The zero-order chi connectivity index (χ0) is 18.5. The zero-order valence-corrected chi connectivity index (χ0v) is 15.3. The number of aromatic hydroxyl groups is 1. The third kappa shape index (κ3) is 4.31. The van der Waals surface area contributed by atoms with Crippen molar-refractivity contribution in [3.05, 3.63) is 52.4 Å². The number of phenols is 1. The Labute approximate surface area is 158 Å². The van der Waals surface area contributed by atoms with Crippen LogP contribution in [0.3, 0.4) is 0 Å². The summed E-state index contributed by atoms with van der Waals surface area (Å²) in [4.78, 5) is 12.8. The van der Waals surface area contributed by atoms with E-state index in [4.69, 9.17) is 11.6 Å². The highest BCUT2D eigenvalue weighted by molar-refractivity contribution is 6.30. The van der Waals surface area contributed by atoms with Crippen molar-refractivity contribution >= 4 is 23.5 Å². The SMILES string of the molecule is CC(=Cc1cc(Cl)ccc1O)CN1CCN(c2nccnc2C#N)CC1. The first-order valence-electron chi connectivity index (χ1n) is 8.41. The molecule has 1 aromatic heterocycles. The van der Waals surface area contributed by atoms with Gasteiger partial charge < -0.3 is 10.0 Å². The van der Waals surface area contributed by atoms with Crippen LogP contribution in [0.4, 0.5) is 5.82 Å². The molecule has 26 heavy (non-hydrogen) atoms. The number of piperazine rings is 1. The van der Waals surface area contributed by atoms with Gasteiger partial charge in [0.25, 0.3) is 0 Å². The number of nitrogens with zero attached hydrogens (tertiary/aromatic N) is 5. The lowest BCUT2D eigenvalue weighted by Crippen LogP contribution is -2.47. The molecule has 1 N–H and O–H groups in total. The summed E-state index contributed by atoms with van der Waals surface area (Å²) < 4.78 is 0. The minimum atomic E-state index is 0.227. The van der Waals surface area contributed by atoms with E-state index < -0.39 is 0 Å². The number of anilines is 1. The molecule has 0 aliphatic carbocycles. The fourth-order valence-corrected chi connectivity index (χ4v) is 3.24. The van der Waals surface area contributed by atoms with Crippen LogP contribution >= 0.6 is 11.6 Å². The van der Waals surface area contributed by atoms with Gasteiger partial charge in [0.2, 0.25) is 0 Å². The molecule has 1 aliphatic rings. The molecule has 0 unspecified atom stereocenters. The van der Waals surface area contributed by atoms with Gasteiger partial charge in [0.1, 0.15) is 11.8 Å².